The van der Waals surface area contributed by atoms with Crippen molar-refractivity contribution in [2.45, 2.75) is 13.8 Å². The van der Waals surface area contributed by atoms with E-state index in [0.29, 0.717) is 0 Å². The van der Waals surface area contributed by atoms with Crippen LogP contribution >= 0.6 is 0 Å². The number of aliphatic hydroxyl groups excluding tert-OH is 1. The van der Waals surface area contributed by atoms with Gasteiger partial charge in [0.15, 0.2) is 11.6 Å². The molecule has 0 aliphatic rings. The molecule has 1 aromatic carbocycles. The molecule has 5 heteroatoms. The van der Waals surface area contributed by atoms with Gasteiger partial charge in [-0.25, -0.2) is 8.78 Å². The van der Waals surface area contributed by atoms with Crippen molar-refractivity contribution in [2.24, 2.45) is 5.41 Å². The Bertz CT molecular complexity index is 357. The zero-order valence-corrected chi connectivity index (χ0v) is 9.35. The van der Waals surface area contributed by atoms with Crippen LogP contribution in [0.5, 0.6) is 0 Å². The fourth-order valence-corrected chi connectivity index (χ4v) is 1.15. The van der Waals surface area contributed by atoms with Crippen LogP contribution in [-0.4, -0.2) is 18.3 Å². The summed E-state index contributed by atoms with van der Waals surface area (Å²) in [5.74, 6) is -1.46. The van der Waals surface area contributed by atoms with E-state index in [9.17, 15) is 8.78 Å². The minimum absolute atomic E-state index is 0.0435. The van der Waals surface area contributed by atoms with Gasteiger partial charge in [-0.05, 0) is 12.1 Å². The number of nitrogen functional groups attached to an aromatic ring is 1. The molecule has 0 radical (unpaired) electrons. The molecule has 0 unspecified atom stereocenters. The summed E-state index contributed by atoms with van der Waals surface area (Å²) in [6.07, 6.45) is 0. The van der Waals surface area contributed by atoms with Gasteiger partial charge < -0.3 is 16.2 Å². The van der Waals surface area contributed by atoms with Crippen molar-refractivity contribution in [1.82, 2.24) is 0 Å². The molecule has 3 nitrogen and oxygen atoms in total. The van der Waals surface area contributed by atoms with Gasteiger partial charge in [0.05, 0.1) is 0 Å². The van der Waals surface area contributed by atoms with Crippen LogP contribution in [0.25, 0.3) is 0 Å². The predicted molar refractivity (Wildman–Crippen MR) is 60.1 cm³/mol. The lowest BCUT2D eigenvalue weighted by molar-refractivity contribution is 0.170. The molecule has 0 heterocycles. The van der Waals surface area contributed by atoms with Gasteiger partial charge >= 0.3 is 0 Å². The van der Waals surface area contributed by atoms with Crippen molar-refractivity contribution in [1.29, 1.82) is 0 Å². The highest BCUT2D eigenvalue weighted by atomic mass is 19.1. The van der Waals surface area contributed by atoms with Crippen LogP contribution in [0.1, 0.15) is 13.8 Å². The normalized spacial score (nSPS) is 11.6. The smallest absolute Gasteiger partial charge is 0.151 e. The minimum atomic E-state index is -0.730. The number of nitrogens with two attached hydrogens (primary N) is 1. The summed E-state index contributed by atoms with van der Waals surface area (Å²) in [6, 6.07) is 2.11. The molecule has 0 bridgehead atoms. The summed E-state index contributed by atoms with van der Waals surface area (Å²) in [7, 11) is 0. The Morgan fingerprint density at radius 3 is 2.25 bits per heavy atom. The number of halogens is 2. The Hall–Kier alpha value is -1.36. The Morgan fingerprint density at radius 1 is 1.31 bits per heavy atom. The number of hydrogen-bond acceptors (Lipinski definition) is 3. The van der Waals surface area contributed by atoms with Crippen LogP contribution in [0.2, 0.25) is 0 Å². The first-order valence-electron chi connectivity index (χ1n) is 4.95. The highest BCUT2D eigenvalue weighted by Gasteiger charge is 2.18. The summed E-state index contributed by atoms with van der Waals surface area (Å²) in [5, 5.41) is 11.6. The number of nitrogens with one attached hydrogen (secondary N) is 1. The second kappa shape index (κ2) is 4.65. The van der Waals surface area contributed by atoms with Crippen LogP contribution in [0, 0.1) is 17.0 Å². The molecule has 4 N–H and O–H groups in total. The van der Waals surface area contributed by atoms with Crippen molar-refractivity contribution < 1.29 is 13.9 Å². The van der Waals surface area contributed by atoms with Crippen molar-refractivity contribution in [3.63, 3.8) is 0 Å². The molecule has 0 aromatic heterocycles. The molecule has 0 saturated carbocycles. The second-order valence-electron chi connectivity index (χ2n) is 4.54. The number of aliphatic hydroxyl groups is 1. The number of hydrogen-bond donors (Lipinski definition) is 3. The Labute approximate surface area is 93.3 Å². The SMILES string of the molecule is CC(C)(CO)CNc1c(F)cc(N)cc1F. The van der Waals surface area contributed by atoms with Crippen molar-refractivity contribution >= 4 is 11.4 Å². The molecule has 16 heavy (non-hydrogen) atoms. The van der Waals surface area contributed by atoms with E-state index in [0.717, 1.165) is 12.1 Å². The van der Waals surface area contributed by atoms with E-state index in [1.807, 2.05) is 0 Å². The van der Waals surface area contributed by atoms with Crippen molar-refractivity contribution in [2.75, 3.05) is 24.2 Å². The lowest BCUT2D eigenvalue weighted by Gasteiger charge is -2.23. The van der Waals surface area contributed by atoms with Gasteiger partial charge in [-0.1, -0.05) is 13.8 Å². The summed E-state index contributed by atoms with van der Waals surface area (Å²) in [4.78, 5) is 0. The number of anilines is 2. The zero-order valence-electron chi connectivity index (χ0n) is 9.35. The molecule has 0 amide bonds. The molecule has 0 fully saturated rings. The molecule has 0 atom stereocenters. The van der Waals surface area contributed by atoms with Crippen LogP contribution < -0.4 is 11.1 Å². The van der Waals surface area contributed by atoms with Gasteiger partial charge in [-0.15, -0.1) is 0 Å². The topological polar surface area (TPSA) is 58.3 Å². The third-order valence-electron chi connectivity index (χ3n) is 2.24. The highest BCUT2D eigenvalue weighted by molar-refractivity contribution is 5.54. The fraction of sp³-hybridized carbons (Fsp3) is 0.455. The van der Waals surface area contributed by atoms with Gasteiger partial charge in [0.1, 0.15) is 5.69 Å². The molecule has 1 aromatic rings. The Morgan fingerprint density at radius 2 is 1.81 bits per heavy atom. The average molecular weight is 230 g/mol. The lowest BCUT2D eigenvalue weighted by atomic mass is 9.95. The summed E-state index contributed by atoms with van der Waals surface area (Å²) in [5.41, 5.74) is 4.68. The van der Waals surface area contributed by atoms with E-state index < -0.39 is 17.0 Å². The fourth-order valence-electron chi connectivity index (χ4n) is 1.15. The Kier molecular flexibility index (Phi) is 3.70. The monoisotopic (exact) mass is 230 g/mol. The first kappa shape index (κ1) is 12.7. The summed E-state index contributed by atoms with van der Waals surface area (Å²) in [6.45, 7) is 3.76. The van der Waals surface area contributed by atoms with Crippen LogP contribution in [0.3, 0.4) is 0 Å². The van der Waals surface area contributed by atoms with Crippen LogP contribution in [0.15, 0.2) is 12.1 Å². The predicted octanol–water partition coefficient (Wildman–Crippen LogP) is 1.98. The van der Waals surface area contributed by atoms with Crippen LogP contribution in [0.4, 0.5) is 20.2 Å². The van der Waals surface area contributed by atoms with E-state index in [4.69, 9.17) is 10.8 Å². The summed E-state index contributed by atoms with van der Waals surface area (Å²) < 4.78 is 26.7. The molecular formula is C11H16F2N2O. The van der Waals surface area contributed by atoms with E-state index >= 15 is 0 Å². The standard InChI is InChI=1S/C11H16F2N2O/c1-11(2,6-16)5-15-10-8(12)3-7(14)4-9(10)13/h3-4,15-16H,5-6,14H2,1-2H3. The van der Waals surface area contributed by atoms with Gasteiger partial charge in [-0.3, -0.25) is 0 Å². The largest absolute Gasteiger partial charge is 0.399 e. The lowest BCUT2D eigenvalue weighted by Crippen LogP contribution is -2.27. The minimum Gasteiger partial charge on any atom is -0.399 e. The summed E-state index contributed by atoms with van der Waals surface area (Å²) >= 11 is 0. The van der Waals surface area contributed by atoms with E-state index in [1.165, 1.54) is 0 Å². The van der Waals surface area contributed by atoms with Gasteiger partial charge in [0, 0.05) is 24.3 Å². The highest BCUT2D eigenvalue weighted by Crippen LogP contribution is 2.23. The number of rotatable bonds is 4. The number of benzene rings is 1. The zero-order chi connectivity index (χ0) is 12.3. The van der Waals surface area contributed by atoms with Gasteiger partial charge in [0.25, 0.3) is 0 Å². The maximum absolute atomic E-state index is 13.3. The second-order valence-corrected chi connectivity index (χ2v) is 4.54. The molecule has 90 valence electrons. The van der Waals surface area contributed by atoms with E-state index in [-0.39, 0.29) is 24.5 Å². The van der Waals surface area contributed by atoms with Gasteiger partial charge in [-0.2, -0.15) is 0 Å². The molecule has 1 rings (SSSR count). The molecule has 0 saturated heterocycles. The third-order valence-corrected chi connectivity index (χ3v) is 2.24. The molecular weight excluding hydrogens is 214 g/mol. The quantitative estimate of drug-likeness (QED) is 0.693. The maximum atomic E-state index is 13.3. The molecule has 0 aliphatic carbocycles. The van der Waals surface area contributed by atoms with E-state index in [1.54, 1.807) is 13.8 Å². The van der Waals surface area contributed by atoms with Crippen molar-refractivity contribution in [3.05, 3.63) is 23.8 Å². The third kappa shape index (κ3) is 3.06. The maximum Gasteiger partial charge on any atom is 0.151 e. The Balaban J connectivity index is 2.82. The first-order chi connectivity index (χ1) is 7.35. The van der Waals surface area contributed by atoms with E-state index in [2.05, 4.69) is 5.32 Å². The van der Waals surface area contributed by atoms with Crippen molar-refractivity contribution in [3.8, 4) is 0 Å². The average Bonchev–Trinajstić information content (AvgIpc) is 2.16. The molecule has 0 aliphatic heterocycles. The molecule has 0 spiro atoms. The van der Waals surface area contributed by atoms with Crippen LogP contribution in [-0.2, 0) is 0 Å². The van der Waals surface area contributed by atoms with Gasteiger partial charge in [0.2, 0.25) is 0 Å². The first-order valence-corrected chi connectivity index (χ1v) is 4.95.